The molecule has 21 heavy (non-hydrogen) atoms. The van der Waals surface area contributed by atoms with Crippen molar-refractivity contribution >= 4 is 5.91 Å². The second-order valence-electron chi connectivity index (χ2n) is 5.57. The molecule has 2 atom stereocenters. The Balaban J connectivity index is 2.00. The molecule has 0 saturated carbocycles. The molecule has 1 aliphatic heterocycles. The van der Waals surface area contributed by atoms with Crippen molar-refractivity contribution in [2.24, 2.45) is 0 Å². The lowest BCUT2D eigenvalue weighted by Gasteiger charge is -2.39. The van der Waals surface area contributed by atoms with Gasteiger partial charge in [0.2, 0.25) is 5.91 Å². The van der Waals surface area contributed by atoms with E-state index in [0.29, 0.717) is 19.6 Å². The van der Waals surface area contributed by atoms with E-state index in [2.05, 4.69) is 12.1 Å². The fraction of sp³-hybridized carbons (Fsp3) is 0.588. The van der Waals surface area contributed by atoms with Gasteiger partial charge in [-0.15, -0.1) is 0 Å². The van der Waals surface area contributed by atoms with Gasteiger partial charge < -0.3 is 14.4 Å². The third kappa shape index (κ3) is 4.55. The van der Waals surface area contributed by atoms with Gasteiger partial charge in [0.1, 0.15) is 0 Å². The van der Waals surface area contributed by atoms with Crippen molar-refractivity contribution in [1.29, 1.82) is 0 Å². The van der Waals surface area contributed by atoms with Crippen molar-refractivity contribution in [2.75, 3.05) is 26.9 Å². The number of methoxy groups -OCH3 is 1. The van der Waals surface area contributed by atoms with Gasteiger partial charge >= 0.3 is 0 Å². The maximum absolute atomic E-state index is 12.5. The lowest BCUT2D eigenvalue weighted by molar-refractivity contribution is -0.144. The molecule has 0 unspecified atom stereocenters. The molecule has 1 saturated heterocycles. The summed E-state index contributed by atoms with van der Waals surface area (Å²) in [6.45, 7) is 3.99. The number of hydrogen-bond acceptors (Lipinski definition) is 3. The molecule has 1 aliphatic rings. The highest BCUT2D eigenvalue weighted by atomic mass is 16.5. The third-order valence-corrected chi connectivity index (χ3v) is 3.86. The molecule has 4 heteroatoms. The highest BCUT2D eigenvalue weighted by molar-refractivity contribution is 5.76. The maximum atomic E-state index is 12.5. The zero-order chi connectivity index (χ0) is 15.1. The van der Waals surface area contributed by atoms with Crippen molar-refractivity contribution in [2.45, 2.75) is 38.3 Å². The fourth-order valence-electron chi connectivity index (χ4n) is 2.70. The van der Waals surface area contributed by atoms with Gasteiger partial charge in [0, 0.05) is 26.7 Å². The Morgan fingerprint density at radius 2 is 2.10 bits per heavy atom. The topological polar surface area (TPSA) is 38.8 Å². The summed E-state index contributed by atoms with van der Waals surface area (Å²) in [5.74, 6) is 0.218. The largest absolute Gasteiger partial charge is 0.385 e. The van der Waals surface area contributed by atoms with Gasteiger partial charge in [0.05, 0.1) is 18.8 Å². The Bertz CT molecular complexity index is 435. The van der Waals surface area contributed by atoms with E-state index in [-0.39, 0.29) is 18.1 Å². The first-order valence-corrected chi connectivity index (χ1v) is 7.67. The molecule has 0 aliphatic carbocycles. The number of nitrogens with zero attached hydrogens (tertiary/aromatic N) is 1. The highest BCUT2D eigenvalue weighted by Gasteiger charge is 2.31. The molecule has 1 aromatic carbocycles. The van der Waals surface area contributed by atoms with Crippen LogP contribution in [0, 0.1) is 0 Å². The number of benzene rings is 1. The molecule has 1 amide bonds. The summed E-state index contributed by atoms with van der Waals surface area (Å²) in [6, 6.07) is 10.2. The van der Waals surface area contributed by atoms with Crippen LogP contribution in [0.15, 0.2) is 30.3 Å². The van der Waals surface area contributed by atoms with Crippen molar-refractivity contribution in [3.63, 3.8) is 0 Å². The van der Waals surface area contributed by atoms with Crippen LogP contribution in [0.2, 0.25) is 0 Å². The summed E-state index contributed by atoms with van der Waals surface area (Å²) in [5.41, 5.74) is 1.15. The lowest BCUT2D eigenvalue weighted by Crippen LogP contribution is -2.46. The van der Waals surface area contributed by atoms with Crippen LogP contribution in [0.1, 0.15) is 37.8 Å². The van der Waals surface area contributed by atoms with E-state index in [1.807, 2.05) is 30.0 Å². The summed E-state index contributed by atoms with van der Waals surface area (Å²) in [7, 11) is 1.69. The van der Waals surface area contributed by atoms with Crippen molar-refractivity contribution in [3.8, 4) is 0 Å². The second-order valence-corrected chi connectivity index (χ2v) is 5.57. The van der Waals surface area contributed by atoms with Gasteiger partial charge in [-0.25, -0.2) is 0 Å². The quantitative estimate of drug-likeness (QED) is 0.757. The summed E-state index contributed by atoms with van der Waals surface area (Å²) in [5, 5.41) is 0. The maximum Gasteiger partial charge on any atom is 0.223 e. The number of morpholine rings is 1. The Hall–Kier alpha value is -1.39. The zero-order valence-corrected chi connectivity index (χ0v) is 13.0. The van der Waals surface area contributed by atoms with E-state index in [1.165, 1.54) is 0 Å². The number of rotatable bonds is 6. The summed E-state index contributed by atoms with van der Waals surface area (Å²) >= 11 is 0. The van der Waals surface area contributed by atoms with Crippen molar-refractivity contribution < 1.29 is 14.3 Å². The molecule has 2 rings (SSSR count). The van der Waals surface area contributed by atoms with E-state index in [1.54, 1.807) is 7.11 Å². The zero-order valence-electron chi connectivity index (χ0n) is 13.0. The van der Waals surface area contributed by atoms with Gasteiger partial charge in [-0.2, -0.15) is 0 Å². The van der Waals surface area contributed by atoms with Gasteiger partial charge in [-0.1, -0.05) is 30.3 Å². The molecule has 4 nitrogen and oxygen atoms in total. The Morgan fingerprint density at radius 3 is 2.81 bits per heavy atom. The SMILES string of the molecule is COCCCCC(=O)N1C[C@@H](C)OC[C@@H]1c1ccccc1. The molecule has 0 aromatic heterocycles. The van der Waals surface area contributed by atoms with Crippen LogP contribution in [0.25, 0.3) is 0 Å². The van der Waals surface area contributed by atoms with E-state index in [0.717, 1.165) is 25.0 Å². The number of hydrogen-bond donors (Lipinski definition) is 0. The first-order chi connectivity index (χ1) is 10.2. The second kappa shape index (κ2) is 8.15. The standard InChI is InChI=1S/C17H25NO3/c1-14-12-18(17(19)10-6-7-11-20-2)16(13-21-14)15-8-4-3-5-9-15/h3-5,8-9,14,16H,6-7,10-13H2,1-2H3/t14-,16-/m1/s1. The minimum atomic E-state index is 0.0392. The number of unbranched alkanes of at least 4 members (excludes halogenated alkanes) is 1. The van der Waals surface area contributed by atoms with E-state index < -0.39 is 0 Å². The van der Waals surface area contributed by atoms with Crippen LogP contribution in [-0.2, 0) is 14.3 Å². The van der Waals surface area contributed by atoms with Crippen molar-refractivity contribution in [3.05, 3.63) is 35.9 Å². The van der Waals surface area contributed by atoms with Gasteiger partial charge in [-0.05, 0) is 25.3 Å². The predicted molar refractivity (Wildman–Crippen MR) is 82.0 cm³/mol. The Labute approximate surface area is 127 Å². The first-order valence-electron chi connectivity index (χ1n) is 7.67. The van der Waals surface area contributed by atoms with Gasteiger partial charge in [-0.3, -0.25) is 4.79 Å². The minimum Gasteiger partial charge on any atom is -0.385 e. The van der Waals surface area contributed by atoms with Gasteiger partial charge in [0.15, 0.2) is 0 Å². The molecular weight excluding hydrogens is 266 g/mol. The third-order valence-electron chi connectivity index (χ3n) is 3.86. The van der Waals surface area contributed by atoms with Crippen LogP contribution in [0.4, 0.5) is 0 Å². The average molecular weight is 291 g/mol. The molecule has 0 radical (unpaired) electrons. The van der Waals surface area contributed by atoms with E-state index in [9.17, 15) is 4.79 Å². The molecule has 0 N–H and O–H groups in total. The smallest absolute Gasteiger partial charge is 0.223 e. The molecule has 116 valence electrons. The molecule has 1 fully saturated rings. The van der Waals surface area contributed by atoms with Crippen molar-refractivity contribution in [1.82, 2.24) is 4.90 Å². The first kappa shape index (κ1) is 16.0. The van der Waals surface area contributed by atoms with Crippen LogP contribution < -0.4 is 0 Å². The molecule has 1 heterocycles. The molecule has 1 aromatic rings. The van der Waals surface area contributed by atoms with E-state index in [4.69, 9.17) is 9.47 Å². The summed E-state index contributed by atoms with van der Waals surface area (Å²) < 4.78 is 10.8. The molecular formula is C17H25NO3. The van der Waals surface area contributed by atoms with E-state index >= 15 is 0 Å². The number of ether oxygens (including phenoxy) is 2. The van der Waals surface area contributed by atoms with Crippen LogP contribution in [0.5, 0.6) is 0 Å². The normalized spacial score (nSPS) is 22.3. The number of amides is 1. The monoisotopic (exact) mass is 291 g/mol. The lowest BCUT2D eigenvalue weighted by atomic mass is 10.0. The van der Waals surface area contributed by atoms with Crippen LogP contribution in [-0.4, -0.2) is 43.8 Å². The molecule has 0 bridgehead atoms. The predicted octanol–water partition coefficient (Wildman–Crippen LogP) is 2.79. The fourth-order valence-corrected chi connectivity index (χ4v) is 2.70. The van der Waals surface area contributed by atoms with Crippen LogP contribution in [0.3, 0.4) is 0 Å². The average Bonchev–Trinajstić information content (AvgIpc) is 2.52. The number of carbonyl (C=O) groups excluding carboxylic acids is 1. The summed E-state index contributed by atoms with van der Waals surface area (Å²) in [4.78, 5) is 14.5. The minimum absolute atomic E-state index is 0.0392. The van der Waals surface area contributed by atoms with Crippen LogP contribution >= 0.6 is 0 Å². The highest BCUT2D eigenvalue weighted by Crippen LogP contribution is 2.27. The summed E-state index contributed by atoms with van der Waals surface area (Å²) in [6.07, 6.45) is 2.49. The van der Waals surface area contributed by atoms with Gasteiger partial charge in [0.25, 0.3) is 0 Å². The molecule has 0 spiro atoms. The Kier molecular flexibility index (Phi) is 6.21. The Morgan fingerprint density at radius 1 is 1.33 bits per heavy atom. The number of carbonyl (C=O) groups is 1.